The minimum Gasteiger partial charge on any atom is -0.334 e. The zero-order valence-corrected chi connectivity index (χ0v) is 11.4. The number of hydrogen-bond acceptors (Lipinski definition) is 2. The van der Waals surface area contributed by atoms with Gasteiger partial charge in [-0.1, -0.05) is 12.1 Å². The van der Waals surface area contributed by atoms with Crippen molar-refractivity contribution in [2.45, 2.75) is 20.0 Å². The van der Waals surface area contributed by atoms with Crippen LogP contribution in [-0.2, 0) is 13.1 Å². The molecule has 0 saturated heterocycles. The third kappa shape index (κ3) is 4.06. The van der Waals surface area contributed by atoms with Crippen LogP contribution >= 0.6 is 11.3 Å². The molecule has 0 radical (unpaired) electrons. The van der Waals surface area contributed by atoms with Gasteiger partial charge in [-0.25, -0.2) is 9.18 Å². The highest BCUT2D eigenvalue weighted by Gasteiger charge is 2.03. The average molecular weight is 278 g/mol. The molecule has 0 saturated carbocycles. The maximum atomic E-state index is 12.7. The van der Waals surface area contributed by atoms with Gasteiger partial charge in [-0.05, 0) is 41.6 Å². The second-order valence-corrected chi connectivity index (χ2v) is 5.19. The molecule has 2 rings (SSSR count). The van der Waals surface area contributed by atoms with Crippen molar-refractivity contribution < 1.29 is 9.18 Å². The van der Waals surface area contributed by atoms with Gasteiger partial charge in [0.15, 0.2) is 0 Å². The summed E-state index contributed by atoms with van der Waals surface area (Å²) in [5, 5.41) is 7.53. The molecule has 3 nitrogen and oxygen atoms in total. The van der Waals surface area contributed by atoms with Gasteiger partial charge < -0.3 is 10.6 Å². The van der Waals surface area contributed by atoms with E-state index < -0.39 is 0 Å². The lowest BCUT2D eigenvalue weighted by Crippen LogP contribution is -2.34. The first-order valence-corrected chi connectivity index (χ1v) is 6.82. The number of hydrogen-bond donors (Lipinski definition) is 2. The molecule has 100 valence electrons. The van der Waals surface area contributed by atoms with E-state index in [0.717, 1.165) is 10.4 Å². The molecule has 2 aromatic rings. The summed E-state index contributed by atoms with van der Waals surface area (Å²) in [7, 11) is 0. The standard InChI is InChI=1S/C14H15FN2OS/c1-10-6-7-19-13(10)9-17-14(18)16-8-11-2-4-12(15)5-3-11/h2-7H,8-9H2,1H3,(H2,16,17,18). The number of thiophene rings is 1. The maximum absolute atomic E-state index is 12.7. The summed E-state index contributed by atoms with van der Waals surface area (Å²) in [4.78, 5) is 12.7. The van der Waals surface area contributed by atoms with Gasteiger partial charge in [-0.15, -0.1) is 11.3 Å². The zero-order valence-electron chi connectivity index (χ0n) is 10.6. The predicted octanol–water partition coefficient (Wildman–Crippen LogP) is 3.20. The first kappa shape index (κ1) is 13.5. The molecule has 0 fully saturated rings. The molecule has 5 heteroatoms. The Morgan fingerprint density at radius 3 is 2.47 bits per heavy atom. The van der Waals surface area contributed by atoms with Crippen molar-refractivity contribution in [3.63, 3.8) is 0 Å². The number of carbonyl (C=O) groups excluding carboxylic acids is 1. The number of aryl methyl sites for hydroxylation is 1. The van der Waals surface area contributed by atoms with E-state index in [0.29, 0.717) is 13.1 Å². The SMILES string of the molecule is Cc1ccsc1CNC(=O)NCc1ccc(F)cc1. The van der Waals surface area contributed by atoms with Crippen LogP contribution < -0.4 is 10.6 Å². The van der Waals surface area contributed by atoms with E-state index in [1.54, 1.807) is 23.5 Å². The van der Waals surface area contributed by atoms with Crippen LogP contribution in [0.15, 0.2) is 35.7 Å². The first-order chi connectivity index (χ1) is 9.15. The number of carbonyl (C=O) groups is 1. The number of rotatable bonds is 4. The molecule has 1 aromatic heterocycles. The molecule has 0 unspecified atom stereocenters. The molecule has 2 N–H and O–H groups in total. The average Bonchev–Trinajstić information content (AvgIpc) is 2.81. The predicted molar refractivity (Wildman–Crippen MR) is 74.5 cm³/mol. The van der Waals surface area contributed by atoms with E-state index in [9.17, 15) is 9.18 Å². The molecule has 0 aliphatic carbocycles. The zero-order chi connectivity index (χ0) is 13.7. The van der Waals surface area contributed by atoms with Crippen molar-refractivity contribution in [1.29, 1.82) is 0 Å². The van der Waals surface area contributed by atoms with Crippen LogP contribution in [0.1, 0.15) is 16.0 Å². The van der Waals surface area contributed by atoms with Gasteiger partial charge in [0.1, 0.15) is 5.82 Å². The molecule has 0 bridgehead atoms. The highest BCUT2D eigenvalue weighted by Crippen LogP contribution is 2.14. The van der Waals surface area contributed by atoms with Crippen LogP contribution in [0, 0.1) is 12.7 Å². The van der Waals surface area contributed by atoms with E-state index in [1.807, 2.05) is 18.4 Å². The monoisotopic (exact) mass is 278 g/mol. The number of amides is 2. The van der Waals surface area contributed by atoms with E-state index in [-0.39, 0.29) is 11.8 Å². The van der Waals surface area contributed by atoms with Gasteiger partial charge in [-0.2, -0.15) is 0 Å². The topological polar surface area (TPSA) is 41.1 Å². The highest BCUT2D eigenvalue weighted by atomic mass is 32.1. The minimum absolute atomic E-state index is 0.225. The number of urea groups is 1. The van der Waals surface area contributed by atoms with Gasteiger partial charge in [0.2, 0.25) is 0 Å². The van der Waals surface area contributed by atoms with Crippen LogP contribution in [-0.4, -0.2) is 6.03 Å². The van der Waals surface area contributed by atoms with Crippen LogP contribution in [0.5, 0.6) is 0 Å². The van der Waals surface area contributed by atoms with Crippen LogP contribution in [0.4, 0.5) is 9.18 Å². The highest BCUT2D eigenvalue weighted by molar-refractivity contribution is 7.10. The van der Waals surface area contributed by atoms with Crippen molar-refractivity contribution in [2.24, 2.45) is 0 Å². The van der Waals surface area contributed by atoms with Crippen molar-refractivity contribution in [2.75, 3.05) is 0 Å². The fourth-order valence-corrected chi connectivity index (χ4v) is 2.44. The largest absolute Gasteiger partial charge is 0.334 e. The van der Waals surface area contributed by atoms with Crippen molar-refractivity contribution >= 4 is 17.4 Å². The van der Waals surface area contributed by atoms with Crippen LogP contribution in [0.25, 0.3) is 0 Å². The molecule has 0 spiro atoms. The van der Waals surface area contributed by atoms with Crippen molar-refractivity contribution in [1.82, 2.24) is 10.6 Å². The van der Waals surface area contributed by atoms with Gasteiger partial charge in [0, 0.05) is 11.4 Å². The molecule has 0 aliphatic rings. The van der Waals surface area contributed by atoms with E-state index >= 15 is 0 Å². The van der Waals surface area contributed by atoms with Crippen LogP contribution in [0.3, 0.4) is 0 Å². The summed E-state index contributed by atoms with van der Waals surface area (Å²) in [6, 6.07) is 7.86. The molecular weight excluding hydrogens is 263 g/mol. The number of nitrogens with one attached hydrogen (secondary N) is 2. The number of halogens is 1. The third-order valence-corrected chi connectivity index (χ3v) is 3.77. The molecule has 1 aromatic carbocycles. The Hall–Kier alpha value is -1.88. The smallest absolute Gasteiger partial charge is 0.315 e. The van der Waals surface area contributed by atoms with E-state index in [1.165, 1.54) is 17.7 Å². The third-order valence-electron chi connectivity index (χ3n) is 2.74. The first-order valence-electron chi connectivity index (χ1n) is 5.94. The Bertz CT molecular complexity index is 551. The fourth-order valence-electron chi connectivity index (χ4n) is 1.59. The lowest BCUT2D eigenvalue weighted by molar-refractivity contribution is 0.240. The van der Waals surface area contributed by atoms with Gasteiger partial charge in [0.05, 0.1) is 6.54 Å². The summed E-state index contributed by atoms with van der Waals surface area (Å²) in [5.74, 6) is -0.277. The van der Waals surface area contributed by atoms with Gasteiger partial charge in [-0.3, -0.25) is 0 Å². The summed E-state index contributed by atoms with van der Waals surface area (Å²) in [6.07, 6.45) is 0. The Morgan fingerprint density at radius 1 is 1.16 bits per heavy atom. The normalized spacial score (nSPS) is 10.2. The summed E-state index contributed by atoms with van der Waals surface area (Å²) in [6.45, 7) is 2.93. The minimum atomic E-state index is -0.277. The van der Waals surface area contributed by atoms with Gasteiger partial charge >= 0.3 is 6.03 Å². The Labute approximate surface area is 115 Å². The van der Waals surface area contributed by atoms with E-state index in [2.05, 4.69) is 10.6 Å². The Kier molecular flexibility index (Phi) is 4.52. The molecule has 19 heavy (non-hydrogen) atoms. The maximum Gasteiger partial charge on any atom is 0.315 e. The second kappa shape index (κ2) is 6.33. The fraction of sp³-hybridized carbons (Fsp3) is 0.214. The van der Waals surface area contributed by atoms with Crippen LogP contribution in [0.2, 0.25) is 0 Å². The molecular formula is C14H15FN2OS. The van der Waals surface area contributed by atoms with Gasteiger partial charge in [0.25, 0.3) is 0 Å². The molecule has 0 atom stereocenters. The lowest BCUT2D eigenvalue weighted by Gasteiger charge is -2.07. The second-order valence-electron chi connectivity index (χ2n) is 4.19. The Morgan fingerprint density at radius 2 is 1.84 bits per heavy atom. The Balaban J connectivity index is 1.76. The quantitative estimate of drug-likeness (QED) is 0.886. The van der Waals surface area contributed by atoms with Crippen molar-refractivity contribution in [3.05, 3.63) is 57.5 Å². The molecule has 1 heterocycles. The van der Waals surface area contributed by atoms with E-state index in [4.69, 9.17) is 0 Å². The summed E-state index contributed by atoms with van der Waals surface area (Å²) >= 11 is 1.62. The summed E-state index contributed by atoms with van der Waals surface area (Å²) in [5.41, 5.74) is 2.05. The molecule has 2 amide bonds. The number of benzene rings is 1. The lowest BCUT2D eigenvalue weighted by atomic mass is 10.2. The summed E-state index contributed by atoms with van der Waals surface area (Å²) < 4.78 is 12.7. The van der Waals surface area contributed by atoms with Crippen molar-refractivity contribution in [3.8, 4) is 0 Å². The molecule has 0 aliphatic heterocycles.